The van der Waals surface area contributed by atoms with E-state index in [-0.39, 0.29) is 5.16 Å². The molecule has 0 aromatic rings. The summed E-state index contributed by atoms with van der Waals surface area (Å²) in [5.74, 6) is 0.668. The molecule has 1 unspecified atom stereocenters. The van der Waals surface area contributed by atoms with Crippen LogP contribution in [0.3, 0.4) is 0 Å². The summed E-state index contributed by atoms with van der Waals surface area (Å²) in [6, 6.07) is 0. The fourth-order valence-corrected chi connectivity index (χ4v) is 5.28. The van der Waals surface area contributed by atoms with E-state index in [0.717, 1.165) is 25.2 Å². The summed E-state index contributed by atoms with van der Waals surface area (Å²) in [4.78, 5) is 0. The van der Waals surface area contributed by atoms with Gasteiger partial charge in [0.25, 0.3) is 0 Å². The minimum Gasteiger partial charge on any atom is -0.323 e. The van der Waals surface area contributed by atoms with Crippen molar-refractivity contribution in [2.45, 2.75) is 78.8 Å². The second-order valence-electron chi connectivity index (χ2n) is 6.75. The van der Waals surface area contributed by atoms with Crippen LogP contribution in [-0.4, -0.2) is 17.5 Å². The van der Waals surface area contributed by atoms with Gasteiger partial charge in [-0.2, -0.15) is 0 Å². The predicted octanol–water partition coefficient (Wildman–Crippen LogP) is 5.77. The highest BCUT2D eigenvalue weighted by Gasteiger charge is 2.35. The van der Waals surface area contributed by atoms with E-state index in [1.807, 2.05) is 0 Å². The molecule has 17 heavy (non-hydrogen) atoms. The summed E-state index contributed by atoms with van der Waals surface area (Å²) in [5, 5.41) is -0.00585. The molecule has 0 saturated carbocycles. The standard InChI is InChI=1S/C15H33OP/c1-7-8-9-10-12-17(16,15(4,5)6)13-11-14(2)3/h14H,7-13H2,1-6H3. The lowest BCUT2D eigenvalue weighted by atomic mass is 10.2. The molecule has 0 rings (SSSR count). The maximum Gasteiger partial charge on any atom is 0.0927 e. The molecule has 0 radical (unpaired) electrons. The third-order valence-corrected chi connectivity index (χ3v) is 8.13. The van der Waals surface area contributed by atoms with Crippen molar-refractivity contribution in [3.63, 3.8) is 0 Å². The van der Waals surface area contributed by atoms with Crippen molar-refractivity contribution >= 4 is 7.14 Å². The van der Waals surface area contributed by atoms with Crippen molar-refractivity contribution in [1.82, 2.24) is 0 Å². The quantitative estimate of drug-likeness (QED) is 0.399. The number of rotatable bonds is 8. The SMILES string of the molecule is CCCCCCP(=O)(CCC(C)C)C(C)(C)C. The molecule has 0 heterocycles. The summed E-state index contributed by atoms with van der Waals surface area (Å²) in [7, 11) is -2.00. The summed E-state index contributed by atoms with van der Waals surface area (Å²) in [6.07, 6.45) is 7.96. The lowest BCUT2D eigenvalue weighted by Gasteiger charge is -2.32. The molecule has 0 N–H and O–H groups in total. The maximum atomic E-state index is 13.1. The summed E-state index contributed by atoms with van der Waals surface area (Å²) < 4.78 is 13.1. The number of unbranched alkanes of at least 4 members (excludes halogenated alkanes) is 3. The summed E-state index contributed by atoms with van der Waals surface area (Å²) in [6.45, 7) is 13.2. The highest BCUT2D eigenvalue weighted by atomic mass is 31.2. The molecule has 0 aliphatic heterocycles. The van der Waals surface area contributed by atoms with Crippen LogP contribution in [-0.2, 0) is 4.57 Å². The zero-order valence-corrected chi connectivity index (χ0v) is 13.8. The molecule has 0 aromatic carbocycles. The van der Waals surface area contributed by atoms with Gasteiger partial charge in [-0.15, -0.1) is 0 Å². The molecule has 0 spiro atoms. The van der Waals surface area contributed by atoms with Crippen LogP contribution in [0.4, 0.5) is 0 Å². The molecule has 0 fully saturated rings. The second-order valence-corrected chi connectivity index (χ2v) is 10.8. The minimum absolute atomic E-state index is 0.00585. The largest absolute Gasteiger partial charge is 0.323 e. The Kier molecular flexibility index (Phi) is 7.72. The lowest BCUT2D eigenvalue weighted by Crippen LogP contribution is -2.20. The maximum absolute atomic E-state index is 13.1. The third kappa shape index (κ3) is 6.65. The highest BCUT2D eigenvalue weighted by Crippen LogP contribution is 2.58. The van der Waals surface area contributed by atoms with Crippen LogP contribution in [0.1, 0.15) is 73.6 Å². The Bertz CT molecular complexity index is 238. The van der Waals surface area contributed by atoms with E-state index < -0.39 is 7.14 Å². The van der Waals surface area contributed by atoms with Gasteiger partial charge in [0.15, 0.2) is 0 Å². The Hall–Kier alpha value is 0.230. The molecule has 0 saturated heterocycles. The van der Waals surface area contributed by atoms with Crippen LogP contribution in [0, 0.1) is 5.92 Å². The molecular weight excluding hydrogens is 227 g/mol. The van der Waals surface area contributed by atoms with Crippen LogP contribution in [0.25, 0.3) is 0 Å². The molecule has 0 aliphatic carbocycles. The topological polar surface area (TPSA) is 17.1 Å². The number of hydrogen-bond acceptors (Lipinski definition) is 1. The van der Waals surface area contributed by atoms with Crippen molar-refractivity contribution in [2.24, 2.45) is 5.92 Å². The minimum atomic E-state index is -2.00. The van der Waals surface area contributed by atoms with Crippen molar-refractivity contribution in [1.29, 1.82) is 0 Å². The molecule has 104 valence electrons. The van der Waals surface area contributed by atoms with Gasteiger partial charge in [-0.3, -0.25) is 0 Å². The first-order valence-electron chi connectivity index (χ1n) is 7.31. The van der Waals surface area contributed by atoms with Crippen LogP contribution in [0.15, 0.2) is 0 Å². The Labute approximate surface area is 109 Å². The lowest BCUT2D eigenvalue weighted by molar-refractivity contribution is 0.531. The Balaban J connectivity index is 4.37. The first kappa shape index (κ1) is 17.2. The second kappa shape index (κ2) is 7.62. The van der Waals surface area contributed by atoms with E-state index in [1.165, 1.54) is 19.3 Å². The van der Waals surface area contributed by atoms with Gasteiger partial charge in [0, 0.05) is 17.5 Å². The molecular formula is C15H33OP. The molecule has 1 atom stereocenters. The van der Waals surface area contributed by atoms with Crippen LogP contribution >= 0.6 is 7.14 Å². The van der Waals surface area contributed by atoms with Gasteiger partial charge in [0.05, 0.1) is 7.14 Å². The summed E-state index contributed by atoms with van der Waals surface area (Å²) in [5.41, 5.74) is 0. The van der Waals surface area contributed by atoms with E-state index in [0.29, 0.717) is 5.92 Å². The normalized spacial score (nSPS) is 16.2. The van der Waals surface area contributed by atoms with Crippen molar-refractivity contribution in [3.8, 4) is 0 Å². The van der Waals surface area contributed by atoms with Crippen LogP contribution < -0.4 is 0 Å². The fourth-order valence-electron chi connectivity index (χ4n) is 2.04. The average Bonchev–Trinajstić information content (AvgIpc) is 2.20. The van der Waals surface area contributed by atoms with Crippen molar-refractivity contribution in [3.05, 3.63) is 0 Å². The van der Waals surface area contributed by atoms with E-state index in [2.05, 4.69) is 41.5 Å². The van der Waals surface area contributed by atoms with E-state index in [4.69, 9.17) is 0 Å². The average molecular weight is 260 g/mol. The van der Waals surface area contributed by atoms with Crippen molar-refractivity contribution in [2.75, 3.05) is 12.3 Å². The smallest absolute Gasteiger partial charge is 0.0927 e. The first-order chi connectivity index (χ1) is 7.73. The van der Waals surface area contributed by atoms with Gasteiger partial charge >= 0.3 is 0 Å². The zero-order valence-electron chi connectivity index (χ0n) is 12.9. The van der Waals surface area contributed by atoms with Gasteiger partial charge in [-0.05, 0) is 18.8 Å². The monoisotopic (exact) mass is 260 g/mol. The molecule has 0 aliphatic rings. The number of hydrogen-bond donors (Lipinski definition) is 0. The van der Waals surface area contributed by atoms with E-state index in [9.17, 15) is 4.57 Å². The van der Waals surface area contributed by atoms with Gasteiger partial charge in [-0.25, -0.2) is 0 Å². The molecule has 0 bridgehead atoms. The predicted molar refractivity (Wildman–Crippen MR) is 80.7 cm³/mol. The first-order valence-corrected chi connectivity index (χ1v) is 9.39. The molecule has 2 heteroatoms. The highest BCUT2D eigenvalue weighted by molar-refractivity contribution is 7.65. The Morgan fingerprint density at radius 1 is 1.00 bits per heavy atom. The van der Waals surface area contributed by atoms with Crippen molar-refractivity contribution < 1.29 is 4.57 Å². The molecule has 0 aromatic heterocycles. The fraction of sp³-hybridized carbons (Fsp3) is 1.00. The van der Waals surface area contributed by atoms with Crippen LogP contribution in [0.5, 0.6) is 0 Å². The van der Waals surface area contributed by atoms with E-state index in [1.54, 1.807) is 0 Å². The van der Waals surface area contributed by atoms with Gasteiger partial charge in [0.2, 0.25) is 0 Å². The van der Waals surface area contributed by atoms with Gasteiger partial charge in [0.1, 0.15) is 0 Å². The van der Waals surface area contributed by atoms with Gasteiger partial charge < -0.3 is 4.57 Å². The third-order valence-electron chi connectivity index (χ3n) is 3.66. The molecule has 1 nitrogen and oxygen atoms in total. The summed E-state index contributed by atoms with van der Waals surface area (Å²) >= 11 is 0. The Morgan fingerprint density at radius 3 is 2.00 bits per heavy atom. The molecule has 0 amide bonds. The Morgan fingerprint density at radius 2 is 1.59 bits per heavy atom. The zero-order chi connectivity index (χ0) is 13.5. The van der Waals surface area contributed by atoms with Gasteiger partial charge in [-0.1, -0.05) is 60.8 Å². The van der Waals surface area contributed by atoms with E-state index >= 15 is 0 Å². The van der Waals surface area contributed by atoms with Crippen LogP contribution in [0.2, 0.25) is 0 Å².